The first-order chi connectivity index (χ1) is 13.8. The largest absolute Gasteiger partial charge is 0.394 e. The molecule has 0 spiro atoms. The van der Waals surface area contributed by atoms with Crippen molar-refractivity contribution in [2.45, 2.75) is 77.7 Å². The van der Waals surface area contributed by atoms with E-state index in [1.807, 2.05) is 20.3 Å². The van der Waals surface area contributed by atoms with Gasteiger partial charge in [-0.25, -0.2) is 0 Å². The average Bonchev–Trinajstić information content (AvgIpc) is 2.99. The van der Waals surface area contributed by atoms with E-state index in [2.05, 4.69) is 30.0 Å². The van der Waals surface area contributed by atoms with Crippen LogP contribution in [-0.2, 0) is 4.84 Å². The van der Waals surface area contributed by atoms with Crippen LogP contribution in [0.15, 0.2) is 16.8 Å². The lowest BCUT2D eigenvalue weighted by Gasteiger charge is -2.60. The maximum atomic E-state index is 10.6. The van der Waals surface area contributed by atoms with Crippen LogP contribution in [0.1, 0.15) is 71.6 Å². The quantitative estimate of drug-likeness (QED) is 0.405. The van der Waals surface area contributed by atoms with Crippen LogP contribution in [0.2, 0.25) is 0 Å². The van der Waals surface area contributed by atoms with Gasteiger partial charge in [-0.3, -0.25) is 0 Å². The highest BCUT2D eigenvalue weighted by molar-refractivity contribution is 5.71. The van der Waals surface area contributed by atoms with Crippen LogP contribution < -0.4 is 0 Å². The number of hydrogen-bond acceptors (Lipinski definition) is 4. The first-order valence-electron chi connectivity index (χ1n) is 12.0. The van der Waals surface area contributed by atoms with Gasteiger partial charge in [0, 0.05) is 6.54 Å². The minimum absolute atomic E-state index is 0.0564. The predicted molar refractivity (Wildman–Crippen MR) is 119 cm³/mol. The zero-order chi connectivity index (χ0) is 20.6. The monoisotopic (exact) mass is 402 g/mol. The maximum absolute atomic E-state index is 10.6. The predicted octanol–water partition coefficient (Wildman–Crippen LogP) is 4.88. The second-order valence-electron chi connectivity index (χ2n) is 11.2. The molecule has 4 heteroatoms. The number of rotatable bonds is 5. The summed E-state index contributed by atoms with van der Waals surface area (Å²) in [5.74, 6) is 3.30. The van der Waals surface area contributed by atoms with Crippen LogP contribution in [0.3, 0.4) is 0 Å². The van der Waals surface area contributed by atoms with Crippen molar-refractivity contribution < 1.29 is 9.94 Å². The van der Waals surface area contributed by atoms with Crippen LogP contribution in [0.5, 0.6) is 0 Å². The molecule has 0 aromatic heterocycles. The number of fused-ring (bicyclic) bond motifs is 5. The van der Waals surface area contributed by atoms with Crippen molar-refractivity contribution in [2.75, 3.05) is 27.2 Å². The lowest BCUT2D eigenvalue weighted by molar-refractivity contribution is -0.115. The Kier molecular flexibility index (Phi) is 6.14. The van der Waals surface area contributed by atoms with Crippen molar-refractivity contribution in [3.8, 4) is 0 Å². The maximum Gasteiger partial charge on any atom is 0.129 e. The fourth-order valence-corrected chi connectivity index (χ4v) is 7.69. The molecule has 0 radical (unpaired) electrons. The van der Waals surface area contributed by atoms with Gasteiger partial charge in [0.25, 0.3) is 0 Å². The van der Waals surface area contributed by atoms with Gasteiger partial charge in [-0.1, -0.05) is 24.6 Å². The van der Waals surface area contributed by atoms with Crippen molar-refractivity contribution in [2.24, 2.45) is 39.7 Å². The Morgan fingerprint density at radius 1 is 1.07 bits per heavy atom. The van der Waals surface area contributed by atoms with Gasteiger partial charge in [0.05, 0.1) is 12.3 Å². The van der Waals surface area contributed by atoms with E-state index in [0.717, 1.165) is 36.6 Å². The third-order valence-electron chi connectivity index (χ3n) is 9.58. The van der Waals surface area contributed by atoms with Crippen molar-refractivity contribution in [3.05, 3.63) is 11.6 Å². The van der Waals surface area contributed by atoms with E-state index in [4.69, 9.17) is 4.84 Å². The first kappa shape index (κ1) is 21.4. The third-order valence-corrected chi connectivity index (χ3v) is 9.58. The van der Waals surface area contributed by atoms with Gasteiger partial charge in [-0.05, 0) is 112 Å². The molecule has 164 valence electrons. The Morgan fingerprint density at radius 3 is 2.66 bits per heavy atom. The number of allylic oxidation sites excluding steroid dienone is 2. The molecule has 4 nitrogen and oxygen atoms in total. The standard InChI is InChI=1S/C25H42N2O2/c1-24-12-9-18(11-14-26-29-16-15-27(3)4)17-19(24)5-6-20-21-7-8-23(28)25(21,2)13-10-22(20)24/h11,14,19-23,28H,5-10,12-13,15-17H2,1-4H3/b18-11+,26-14+/t19-,20?,21?,22?,23-,24-,25-/m0/s1. The van der Waals surface area contributed by atoms with Gasteiger partial charge in [-0.2, -0.15) is 0 Å². The molecule has 0 aromatic rings. The number of aliphatic hydroxyl groups excluding tert-OH is 1. The minimum atomic E-state index is -0.0564. The van der Waals surface area contributed by atoms with Crippen molar-refractivity contribution in [1.82, 2.24) is 4.90 Å². The Labute approximate surface area is 177 Å². The number of likely N-dealkylation sites (N-methyl/N-ethyl adjacent to an activating group) is 1. The van der Waals surface area contributed by atoms with E-state index in [-0.39, 0.29) is 11.5 Å². The molecule has 0 aliphatic heterocycles. The van der Waals surface area contributed by atoms with E-state index >= 15 is 0 Å². The summed E-state index contributed by atoms with van der Waals surface area (Å²) in [6, 6.07) is 0. The molecule has 1 N–H and O–H groups in total. The van der Waals surface area contributed by atoms with Crippen LogP contribution in [-0.4, -0.2) is 49.6 Å². The summed E-state index contributed by atoms with van der Waals surface area (Å²) in [6.07, 6.45) is 15.4. The van der Waals surface area contributed by atoms with Crippen molar-refractivity contribution in [3.63, 3.8) is 0 Å². The van der Waals surface area contributed by atoms with Gasteiger partial charge in [0.1, 0.15) is 6.61 Å². The van der Waals surface area contributed by atoms with Crippen LogP contribution in [0.25, 0.3) is 0 Å². The summed E-state index contributed by atoms with van der Waals surface area (Å²) in [5, 5.41) is 14.8. The molecule has 3 unspecified atom stereocenters. The van der Waals surface area contributed by atoms with E-state index < -0.39 is 0 Å². The Balaban J connectivity index is 1.38. The smallest absolute Gasteiger partial charge is 0.129 e. The fourth-order valence-electron chi connectivity index (χ4n) is 7.69. The summed E-state index contributed by atoms with van der Waals surface area (Å²) < 4.78 is 0. The van der Waals surface area contributed by atoms with E-state index in [0.29, 0.717) is 12.0 Å². The molecular weight excluding hydrogens is 360 g/mol. The zero-order valence-corrected chi connectivity index (χ0v) is 19.1. The molecule has 4 rings (SSSR count). The lowest BCUT2D eigenvalue weighted by Crippen LogP contribution is -2.53. The molecule has 29 heavy (non-hydrogen) atoms. The summed E-state index contributed by atoms with van der Waals surface area (Å²) in [6.45, 7) is 6.54. The topological polar surface area (TPSA) is 45.1 Å². The highest BCUT2D eigenvalue weighted by Gasteiger charge is 2.59. The Hall–Kier alpha value is -0.870. The number of oxime groups is 1. The molecule has 0 bridgehead atoms. The normalized spacial score (nSPS) is 46.0. The zero-order valence-electron chi connectivity index (χ0n) is 19.1. The van der Waals surface area contributed by atoms with E-state index in [1.54, 1.807) is 5.57 Å². The molecule has 7 atom stereocenters. The lowest BCUT2D eigenvalue weighted by atomic mass is 9.45. The van der Waals surface area contributed by atoms with Crippen molar-refractivity contribution >= 4 is 6.21 Å². The molecule has 4 saturated carbocycles. The first-order valence-corrected chi connectivity index (χ1v) is 12.0. The highest BCUT2D eigenvalue weighted by atomic mass is 16.6. The summed E-state index contributed by atoms with van der Waals surface area (Å²) in [7, 11) is 4.09. The SMILES string of the molecule is CN(C)CCO/N=C/C=C1\CC[C@]2(C)C3CC[C@@]4(C)C(CC[C@@H]4O)C3CC[C@H]2C1. The van der Waals surface area contributed by atoms with Crippen molar-refractivity contribution in [1.29, 1.82) is 0 Å². The second kappa shape index (κ2) is 8.34. The van der Waals surface area contributed by atoms with Crippen LogP contribution >= 0.6 is 0 Å². The number of aliphatic hydroxyl groups is 1. The molecule has 4 aliphatic carbocycles. The van der Waals surface area contributed by atoms with Crippen LogP contribution in [0.4, 0.5) is 0 Å². The van der Waals surface area contributed by atoms with E-state index in [1.165, 1.54) is 51.4 Å². The van der Waals surface area contributed by atoms with Gasteiger partial charge in [0.2, 0.25) is 0 Å². The molecule has 0 aromatic carbocycles. The van der Waals surface area contributed by atoms with Gasteiger partial charge >= 0.3 is 0 Å². The van der Waals surface area contributed by atoms with Gasteiger partial charge in [0.15, 0.2) is 0 Å². The van der Waals surface area contributed by atoms with E-state index in [9.17, 15) is 5.11 Å². The molecular formula is C25H42N2O2. The summed E-state index contributed by atoms with van der Waals surface area (Å²) in [4.78, 5) is 7.46. The van der Waals surface area contributed by atoms with Gasteiger partial charge < -0.3 is 14.8 Å². The minimum Gasteiger partial charge on any atom is -0.394 e. The summed E-state index contributed by atoms with van der Waals surface area (Å²) in [5.41, 5.74) is 2.25. The van der Waals surface area contributed by atoms with Gasteiger partial charge in [-0.15, -0.1) is 0 Å². The fraction of sp³-hybridized carbons (Fsp3) is 0.880. The second-order valence-corrected chi connectivity index (χ2v) is 11.2. The molecule has 4 fully saturated rings. The average molecular weight is 403 g/mol. The molecule has 0 saturated heterocycles. The molecule has 4 aliphatic rings. The number of hydrogen-bond donors (Lipinski definition) is 1. The Morgan fingerprint density at radius 2 is 1.86 bits per heavy atom. The molecule has 0 heterocycles. The van der Waals surface area contributed by atoms with Crippen LogP contribution in [0, 0.1) is 34.5 Å². The summed E-state index contributed by atoms with van der Waals surface area (Å²) >= 11 is 0. The Bertz CT molecular complexity index is 645. The highest BCUT2D eigenvalue weighted by Crippen LogP contribution is 2.66. The third kappa shape index (κ3) is 3.92. The molecule has 0 amide bonds. The number of nitrogens with zero attached hydrogens (tertiary/aromatic N) is 2.